The van der Waals surface area contributed by atoms with Gasteiger partial charge in [0, 0.05) is 25.2 Å². The molecule has 1 saturated heterocycles. The van der Waals surface area contributed by atoms with Gasteiger partial charge in [0.05, 0.1) is 0 Å². The fraction of sp³-hybridized carbons (Fsp3) is 1.00. The Morgan fingerprint density at radius 3 is 2.70 bits per heavy atom. The minimum Gasteiger partial charge on any atom is -0.396 e. The Balaban J connectivity index is 2.20. The highest BCUT2D eigenvalue weighted by molar-refractivity contribution is 4.82. The quantitative estimate of drug-likeness (QED) is 0.633. The molecule has 2 heteroatoms. The van der Waals surface area contributed by atoms with Crippen molar-refractivity contribution in [2.45, 2.75) is 38.8 Å². The average Bonchev–Trinajstić information content (AvgIpc) is 1.85. The Kier molecular flexibility index (Phi) is 2.69. The van der Waals surface area contributed by atoms with Crippen LogP contribution in [0, 0.1) is 0 Å². The van der Waals surface area contributed by atoms with Gasteiger partial charge in [-0.2, -0.15) is 0 Å². The molecule has 0 bridgehead atoms. The van der Waals surface area contributed by atoms with Crippen molar-refractivity contribution >= 4 is 0 Å². The van der Waals surface area contributed by atoms with E-state index in [1.165, 1.54) is 13.0 Å². The highest BCUT2D eigenvalue weighted by Gasteiger charge is 2.27. The van der Waals surface area contributed by atoms with E-state index in [2.05, 4.69) is 18.7 Å². The third-order valence-corrected chi connectivity index (χ3v) is 2.48. The molecule has 10 heavy (non-hydrogen) atoms. The molecule has 0 radical (unpaired) electrons. The summed E-state index contributed by atoms with van der Waals surface area (Å²) in [6.45, 7) is 5.98. The van der Waals surface area contributed by atoms with Crippen molar-refractivity contribution in [3.05, 3.63) is 0 Å². The van der Waals surface area contributed by atoms with E-state index in [1.54, 1.807) is 0 Å². The largest absolute Gasteiger partial charge is 0.396 e. The van der Waals surface area contributed by atoms with Crippen LogP contribution in [-0.2, 0) is 0 Å². The predicted molar refractivity (Wildman–Crippen MR) is 41.9 cm³/mol. The number of aliphatic hydroxyl groups excluding tert-OH is 1. The van der Waals surface area contributed by atoms with Gasteiger partial charge in [-0.25, -0.2) is 0 Å². The van der Waals surface area contributed by atoms with Gasteiger partial charge in [0.1, 0.15) is 0 Å². The second-order valence-electron chi connectivity index (χ2n) is 3.24. The summed E-state index contributed by atoms with van der Waals surface area (Å²) >= 11 is 0. The first kappa shape index (κ1) is 8.02. The van der Waals surface area contributed by atoms with Gasteiger partial charge in [0.15, 0.2) is 0 Å². The summed E-state index contributed by atoms with van der Waals surface area (Å²) in [5.41, 5.74) is 0. The Hall–Kier alpha value is -0.0800. The van der Waals surface area contributed by atoms with Crippen LogP contribution in [0.25, 0.3) is 0 Å². The van der Waals surface area contributed by atoms with Gasteiger partial charge in [-0.15, -0.1) is 0 Å². The highest BCUT2D eigenvalue weighted by atomic mass is 16.3. The fourth-order valence-corrected chi connectivity index (χ4v) is 1.54. The lowest BCUT2D eigenvalue weighted by Crippen LogP contribution is -2.50. The minimum atomic E-state index is 0.324. The SMILES string of the molecule is CC(CCO)N1CCC1C. The van der Waals surface area contributed by atoms with Crippen molar-refractivity contribution in [1.82, 2.24) is 4.90 Å². The molecule has 0 aromatic carbocycles. The summed E-state index contributed by atoms with van der Waals surface area (Å²) in [5, 5.41) is 8.66. The molecular weight excluding hydrogens is 126 g/mol. The first-order chi connectivity index (χ1) is 4.75. The van der Waals surface area contributed by atoms with Crippen LogP contribution in [0.4, 0.5) is 0 Å². The summed E-state index contributed by atoms with van der Waals surface area (Å²) in [4.78, 5) is 2.44. The van der Waals surface area contributed by atoms with E-state index in [0.29, 0.717) is 12.6 Å². The molecule has 0 aromatic rings. The molecule has 0 aliphatic carbocycles. The van der Waals surface area contributed by atoms with Crippen LogP contribution in [-0.4, -0.2) is 35.2 Å². The Labute approximate surface area is 62.8 Å². The summed E-state index contributed by atoms with van der Waals surface area (Å²) in [6.07, 6.45) is 2.25. The van der Waals surface area contributed by atoms with Crippen molar-refractivity contribution < 1.29 is 5.11 Å². The number of aliphatic hydroxyl groups is 1. The van der Waals surface area contributed by atoms with E-state index in [4.69, 9.17) is 5.11 Å². The molecule has 1 fully saturated rings. The van der Waals surface area contributed by atoms with Crippen molar-refractivity contribution in [3.63, 3.8) is 0 Å². The van der Waals surface area contributed by atoms with Crippen LogP contribution in [0.5, 0.6) is 0 Å². The standard InChI is InChI=1S/C8H17NO/c1-7-3-5-9(7)8(2)4-6-10/h7-8,10H,3-6H2,1-2H3. The zero-order valence-electron chi connectivity index (χ0n) is 6.88. The monoisotopic (exact) mass is 143 g/mol. The third kappa shape index (κ3) is 1.50. The summed E-state index contributed by atoms with van der Waals surface area (Å²) in [6, 6.07) is 1.33. The molecule has 0 amide bonds. The van der Waals surface area contributed by atoms with Crippen LogP contribution < -0.4 is 0 Å². The van der Waals surface area contributed by atoms with Crippen molar-refractivity contribution in [2.75, 3.05) is 13.2 Å². The van der Waals surface area contributed by atoms with Gasteiger partial charge in [-0.3, -0.25) is 4.90 Å². The molecule has 60 valence electrons. The minimum absolute atomic E-state index is 0.324. The molecule has 1 aliphatic rings. The highest BCUT2D eigenvalue weighted by Crippen LogP contribution is 2.20. The zero-order chi connectivity index (χ0) is 7.56. The molecule has 0 saturated carbocycles. The lowest BCUT2D eigenvalue weighted by Gasteiger charge is -2.43. The molecule has 1 N–H and O–H groups in total. The van der Waals surface area contributed by atoms with E-state index in [0.717, 1.165) is 12.5 Å². The number of nitrogens with zero attached hydrogens (tertiary/aromatic N) is 1. The maximum atomic E-state index is 8.66. The molecule has 1 heterocycles. The Bertz CT molecular complexity index is 105. The van der Waals surface area contributed by atoms with Crippen LogP contribution in [0.2, 0.25) is 0 Å². The predicted octanol–water partition coefficient (Wildman–Crippen LogP) is 0.852. The Morgan fingerprint density at radius 1 is 1.70 bits per heavy atom. The van der Waals surface area contributed by atoms with Gasteiger partial charge >= 0.3 is 0 Å². The van der Waals surface area contributed by atoms with E-state index in [-0.39, 0.29) is 0 Å². The molecule has 0 aromatic heterocycles. The van der Waals surface area contributed by atoms with Gasteiger partial charge < -0.3 is 5.11 Å². The number of rotatable bonds is 3. The van der Waals surface area contributed by atoms with Gasteiger partial charge in [0.2, 0.25) is 0 Å². The second-order valence-corrected chi connectivity index (χ2v) is 3.24. The number of hydrogen-bond donors (Lipinski definition) is 1. The maximum Gasteiger partial charge on any atom is 0.0445 e. The lowest BCUT2D eigenvalue weighted by molar-refractivity contribution is 0.0484. The van der Waals surface area contributed by atoms with E-state index < -0.39 is 0 Å². The molecule has 2 nitrogen and oxygen atoms in total. The summed E-state index contributed by atoms with van der Waals surface area (Å²) < 4.78 is 0. The van der Waals surface area contributed by atoms with Crippen molar-refractivity contribution in [1.29, 1.82) is 0 Å². The molecule has 2 atom stereocenters. The van der Waals surface area contributed by atoms with Crippen LogP contribution in [0.3, 0.4) is 0 Å². The molecule has 1 aliphatic heterocycles. The van der Waals surface area contributed by atoms with Crippen molar-refractivity contribution in [3.8, 4) is 0 Å². The number of hydrogen-bond acceptors (Lipinski definition) is 2. The van der Waals surface area contributed by atoms with E-state index in [9.17, 15) is 0 Å². The normalized spacial score (nSPS) is 29.7. The third-order valence-electron chi connectivity index (χ3n) is 2.48. The van der Waals surface area contributed by atoms with Crippen molar-refractivity contribution in [2.24, 2.45) is 0 Å². The summed E-state index contributed by atoms with van der Waals surface area (Å²) in [5.74, 6) is 0. The van der Waals surface area contributed by atoms with Crippen LogP contribution >= 0.6 is 0 Å². The lowest BCUT2D eigenvalue weighted by atomic mass is 10.0. The van der Waals surface area contributed by atoms with E-state index >= 15 is 0 Å². The number of likely N-dealkylation sites (tertiary alicyclic amines) is 1. The molecule has 0 spiro atoms. The van der Waals surface area contributed by atoms with Crippen LogP contribution in [0.15, 0.2) is 0 Å². The summed E-state index contributed by atoms with van der Waals surface area (Å²) in [7, 11) is 0. The smallest absolute Gasteiger partial charge is 0.0445 e. The first-order valence-electron chi connectivity index (χ1n) is 4.12. The van der Waals surface area contributed by atoms with E-state index in [1.807, 2.05) is 0 Å². The van der Waals surface area contributed by atoms with Gasteiger partial charge in [0.25, 0.3) is 0 Å². The zero-order valence-corrected chi connectivity index (χ0v) is 6.88. The maximum absolute atomic E-state index is 8.66. The van der Waals surface area contributed by atoms with Crippen LogP contribution in [0.1, 0.15) is 26.7 Å². The molecular formula is C8H17NO. The topological polar surface area (TPSA) is 23.5 Å². The molecule has 1 rings (SSSR count). The second kappa shape index (κ2) is 3.35. The average molecular weight is 143 g/mol. The van der Waals surface area contributed by atoms with Gasteiger partial charge in [-0.05, 0) is 26.7 Å². The fourth-order valence-electron chi connectivity index (χ4n) is 1.54. The van der Waals surface area contributed by atoms with Gasteiger partial charge in [-0.1, -0.05) is 0 Å². The molecule has 2 unspecified atom stereocenters. The first-order valence-corrected chi connectivity index (χ1v) is 4.12. The Morgan fingerprint density at radius 2 is 2.40 bits per heavy atom.